The van der Waals surface area contributed by atoms with Gasteiger partial charge in [-0.25, -0.2) is 28.8 Å². The van der Waals surface area contributed by atoms with Gasteiger partial charge in [0.25, 0.3) is 0 Å². The second kappa shape index (κ2) is 73.3. The molecule has 0 radical (unpaired) electrons. The number of ketones is 4. The van der Waals surface area contributed by atoms with Crippen LogP contribution >= 0.6 is 0 Å². The topological polar surface area (TPSA) is 713 Å². The second-order valence-corrected chi connectivity index (χ2v) is 25.4. The Labute approximate surface area is 640 Å². The van der Waals surface area contributed by atoms with Gasteiger partial charge in [0, 0.05) is 90.5 Å². The van der Waals surface area contributed by atoms with E-state index in [1.54, 1.807) is 13.8 Å². The average Bonchev–Trinajstić information content (AvgIpc) is 0.967. The molecular formula is C70H133N19O20. The number of hydrogen-bond acceptors (Lipinski definition) is 19. The van der Waals surface area contributed by atoms with Crippen molar-refractivity contribution in [1.29, 1.82) is 0 Å². The fourth-order valence-corrected chi connectivity index (χ4v) is 9.19. The van der Waals surface area contributed by atoms with Crippen molar-refractivity contribution in [1.82, 2.24) is 31.9 Å². The number of rotatable bonds is 59. The number of urea groups is 1. The van der Waals surface area contributed by atoms with Crippen LogP contribution < -0.4 is 83.5 Å². The molecule has 0 saturated heterocycles. The number of guanidine groups is 4. The number of carboxylic acid groups (broad SMARTS) is 5. The minimum Gasteiger partial charge on any atom is -0.480 e. The summed E-state index contributed by atoms with van der Waals surface area (Å²) in [6.07, 6.45) is 20.6. The highest BCUT2D eigenvalue weighted by Gasteiger charge is 2.24. The molecular weight excluding hydrogens is 1430 g/mol. The van der Waals surface area contributed by atoms with E-state index in [-0.39, 0.29) is 136 Å². The highest BCUT2D eigenvalue weighted by molar-refractivity contribution is 5.88. The van der Waals surface area contributed by atoms with Crippen LogP contribution in [0.15, 0.2) is 20.0 Å². The van der Waals surface area contributed by atoms with Gasteiger partial charge in [0.05, 0.1) is 0 Å². The van der Waals surface area contributed by atoms with E-state index in [0.717, 1.165) is 83.5 Å². The Balaban J connectivity index is -0.000000304. The van der Waals surface area contributed by atoms with E-state index in [4.69, 9.17) is 77.1 Å². The highest BCUT2D eigenvalue weighted by atomic mass is 16.4. The van der Waals surface area contributed by atoms with Crippen LogP contribution in [0, 0.1) is 0 Å². The Morgan fingerprint density at radius 3 is 0.697 bits per heavy atom. The van der Waals surface area contributed by atoms with Crippen LogP contribution in [-0.4, -0.2) is 201 Å². The minimum absolute atomic E-state index is 0. The fourth-order valence-electron chi connectivity index (χ4n) is 9.19. The predicted molar refractivity (Wildman–Crippen MR) is 415 cm³/mol. The number of carbonyl (C=O) groups excluding carboxylic acids is 10. The van der Waals surface area contributed by atoms with Gasteiger partial charge in [-0.1, -0.05) is 72.1 Å². The molecule has 0 aromatic rings. The van der Waals surface area contributed by atoms with Crippen molar-refractivity contribution in [2.75, 3.05) is 32.7 Å². The van der Waals surface area contributed by atoms with Crippen molar-refractivity contribution in [3.8, 4) is 0 Å². The third-order valence-corrected chi connectivity index (χ3v) is 14.9. The highest BCUT2D eigenvalue weighted by Crippen LogP contribution is 2.12. The van der Waals surface area contributed by atoms with Crippen LogP contribution in [0.25, 0.3) is 0 Å². The Morgan fingerprint density at radius 2 is 0.477 bits per heavy atom. The van der Waals surface area contributed by atoms with Crippen LogP contribution in [0.1, 0.15) is 267 Å². The molecule has 0 unspecified atom stereocenters. The molecule has 0 aliphatic rings. The normalized spacial score (nSPS) is 11.4. The number of amides is 7. The molecule has 0 fully saturated rings. The summed E-state index contributed by atoms with van der Waals surface area (Å²) in [7, 11) is 0. The lowest BCUT2D eigenvalue weighted by Gasteiger charge is -2.14. The number of carboxylic acids is 5. The van der Waals surface area contributed by atoms with Crippen molar-refractivity contribution in [2.45, 2.75) is 297 Å². The van der Waals surface area contributed by atoms with Crippen molar-refractivity contribution in [3.63, 3.8) is 0 Å². The van der Waals surface area contributed by atoms with Gasteiger partial charge < -0.3 is 128 Å². The minimum atomic E-state index is -1.12. The Bertz CT molecular complexity index is 2790. The molecule has 29 N–H and O–H groups in total. The molecule has 0 bridgehead atoms. The van der Waals surface area contributed by atoms with E-state index < -0.39 is 72.0 Å². The Hall–Kier alpha value is -10.3. The summed E-state index contributed by atoms with van der Waals surface area (Å²) in [6.45, 7) is 9.71. The maximum absolute atomic E-state index is 11.8. The first-order valence-electron chi connectivity index (χ1n) is 36.6. The van der Waals surface area contributed by atoms with Crippen LogP contribution in [0.4, 0.5) is 4.79 Å². The maximum Gasteiger partial charge on any atom is 0.326 e. The average molecular weight is 1560 g/mol. The van der Waals surface area contributed by atoms with Gasteiger partial charge in [-0.3, -0.25) is 43.9 Å². The standard InChI is InChI=1S/C17H32N4O4.C15H27N3O5.C13H24N4O4.C13H26N4O3.C11H20N4O4.CH4/c1-13(22)9-6-4-2-3-5-7-11-15(23)21-14(16(24)25)10-8-12-20-17(18)19;1-11(19)7-4-2-3-5-9-13(20)18-12(14(21)22)8-6-10-17-15(16)23;1-9(18)5-2-3-7-11(19)17-10(12(20)21)6-4-8-16-13(14)15;1-2-3-4-5-8-11(18)17-10(12(19)20)7-6-9-16-13(14)15;1-7(16)4-5-9(17)15-8(10(18)19)3-2-6-14-11(12)13;/h14H,2-12H2,1H3,(H,21,23)(H,24,25)(H4,18,19,20);12H,2-10H2,1H3,(H,18,20)(H,21,22)(H3,16,17,23);10H,2-8H2,1H3,(H,17,19)(H,20,21)(H4,14,15,16);10H,2-9H2,1H3,(H,17,18)(H,19,20)(H4,14,15,16);8H,2-6H2,1H3,(H,15,17)(H,18,19)(H4,12,13,14);1H4/t14-;12-;2*10-;8-;/m00000./s1. The van der Waals surface area contributed by atoms with Crippen molar-refractivity contribution in [2.24, 2.45) is 71.6 Å². The van der Waals surface area contributed by atoms with Gasteiger partial charge in [0.1, 0.15) is 53.3 Å². The third-order valence-electron chi connectivity index (χ3n) is 14.9. The smallest absolute Gasteiger partial charge is 0.326 e. The number of nitrogens with one attached hydrogen (secondary N) is 6. The van der Waals surface area contributed by atoms with Gasteiger partial charge in [-0.05, 0) is 137 Å². The molecule has 0 heterocycles. The SMILES string of the molecule is C.CC(=O)CCC(=O)N[C@@H](CCCN=C(N)N)C(=O)O.CC(=O)CCCCC(=O)N[C@@H](CCCN=C(N)N)C(=O)O.CC(=O)CCCCCCC(=O)N[C@@H](CCCNC(N)=O)C(=O)O.CC(=O)CCCCCCCCC(=O)N[C@@H](CCCN=C(N)N)C(=O)O.CCCCCCC(=O)N[C@@H](CCCN=C(N)N)C(=O)O. The number of Topliss-reactive ketones (excluding diaryl/α,β-unsaturated/α-hetero) is 4. The zero-order chi connectivity index (χ0) is 83.2. The molecule has 0 saturated carbocycles. The monoisotopic (exact) mass is 1560 g/mol. The molecule has 628 valence electrons. The van der Waals surface area contributed by atoms with Crippen LogP contribution in [0.2, 0.25) is 0 Å². The first-order chi connectivity index (χ1) is 50.8. The third kappa shape index (κ3) is 84.9. The number of primary amides is 1. The van der Waals surface area contributed by atoms with Crippen molar-refractivity contribution in [3.05, 3.63) is 0 Å². The van der Waals surface area contributed by atoms with Crippen LogP contribution in [-0.2, 0) is 67.1 Å². The molecule has 0 aromatic carbocycles. The molecule has 39 nitrogen and oxygen atoms in total. The van der Waals surface area contributed by atoms with Crippen LogP contribution in [0.3, 0.4) is 0 Å². The van der Waals surface area contributed by atoms with Gasteiger partial charge in [-0.2, -0.15) is 0 Å². The maximum atomic E-state index is 11.8. The zero-order valence-corrected chi connectivity index (χ0v) is 64.0. The summed E-state index contributed by atoms with van der Waals surface area (Å²) in [5, 5.41) is 59.9. The number of carbonyl (C=O) groups is 15. The largest absolute Gasteiger partial charge is 0.480 e. The molecule has 0 aromatic heterocycles. The molecule has 5 atom stereocenters. The number of aliphatic carboxylic acids is 5. The molecule has 109 heavy (non-hydrogen) atoms. The van der Waals surface area contributed by atoms with E-state index in [9.17, 15) is 71.9 Å². The quantitative estimate of drug-likeness (QED) is 0.0236. The lowest BCUT2D eigenvalue weighted by molar-refractivity contribution is -0.142. The Morgan fingerprint density at radius 1 is 0.275 bits per heavy atom. The van der Waals surface area contributed by atoms with Crippen molar-refractivity contribution >= 4 is 112 Å². The zero-order valence-electron chi connectivity index (χ0n) is 64.0. The summed E-state index contributed by atoms with van der Waals surface area (Å²) in [6, 6.07) is -5.34. The summed E-state index contributed by atoms with van der Waals surface area (Å²) in [5.74, 6) is -6.72. The number of aliphatic imine (C=N–C) groups is 4. The van der Waals surface area contributed by atoms with E-state index >= 15 is 0 Å². The number of nitrogens with two attached hydrogens (primary N) is 9. The predicted octanol–water partition coefficient (Wildman–Crippen LogP) is 2.21. The van der Waals surface area contributed by atoms with Crippen molar-refractivity contribution < 1.29 is 97.5 Å². The molecule has 0 aliphatic heterocycles. The number of hydrogen-bond donors (Lipinski definition) is 20. The number of unbranched alkanes of at least 4 members (excludes halogenated alkanes) is 12. The number of nitrogens with zero attached hydrogens (tertiary/aromatic N) is 4. The molecule has 39 heteroatoms. The summed E-state index contributed by atoms with van der Waals surface area (Å²) in [5.41, 5.74) is 46.2. The van der Waals surface area contributed by atoms with E-state index in [1.165, 1.54) is 13.8 Å². The molecule has 7 amide bonds. The van der Waals surface area contributed by atoms with E-state index in [1.807, 2.05) is 0 Å². The van der Waals surface area contributed by atoms with Gasteiger partial charge in [0.2, 0.25) is 29.5 Å². The summed E-state index contributed by atoms with van der Waals surface area (Å²) < 4.78 is 0. The van der Waals surface area contributed by atoms with E-state index in [0.29, 0.717) is 116 Å². The summed E-state index contributed by atoms with van der Waals surface area (Å²) in [4.78, 5) is 182. The Kier molecular flexibility index (Phi) is 73.7. The first kappa shape index (κ1) is 110. The van der Waals surface area contributed by atoms with Gasteiger partial charge in [0.15, 0.2) is 23.8 Å². The summed E-state index contributed by atoms with van der Waals surface area (Å²) >= 11 is 0. The van der Waals surface area contributed by atoms with E-state index in [2.05, 4.69) is 58.8 Å². The first-order valence-corrected chi connectivity index (χ1v) is 36.6. The second-order valence-electron chi connectivity index (χ2n) is 25.4. The van der Waals surface area contributed by atoms with Crippen LogP contribution in [0.5, 0.6) is 0 Å². The lowest BCUT2D eigenvalue weighted by Crippen LogP contribution is -2.41. The molecule has 0 spiro atoms. The lowest BCUT2D eigenvalue weighted by atomic mass is 10.1. The molecule has 0 rings (SSSR count). The fraction of sp³-hybridized carbons (Fsp3) is 0.729. The molecule has 0 aliphatic carbocycles. The van der Waals surface area contributed by atoms with Gasteiger partial charge >= 0.3 is 35.9 Å². The van der Waals surface area contributed by atoms with Gasteiger partial charge in [-0.15, -0.1) is 0 Å².